The fourth-order valence-electron chi connectivity index (χ4n) is 2.19. The van der Waals surface area contributed by atoms with Crippen molar-refractivity contribution in [2.45, 2.75) is 6.54 Å². The van der Waals surface area contributed by atoms with Gasteiger partial charge in [-0.25, -0.2) is 9.37 Å². The topological polar surface area (TPSA) is 88.1 Å². The van der Waals surface area contributed by atoms with Gasteiger partial charge in [-0.1, -0.05) is 18.2 Å². The monoisotopic (exact) mass is 395 g/mol. The van der Waals surface area contributed by atoms with Gasteiger partial charge in [0.05, 0.1) is 13.2 Å². The molecule has 9 heteroatoms. The Morgan fingerprint density at radius 3 is 2.75 bits per heavy atom. The van der Waals surface area contributed by atoms with Crippen molar-refractivity contribution in [1.29, 1.82) is 0 Å². The van der Waals surface area contributed by atoms with E-state index in [0.29, 0.717) is 34.7 Å². The van der Waals surface area contributed by atoms with Crippen LogP contribution in [0.15, 0.2) is 29.0 Å². The number of nitrogen functional groups attached to an aromatic ring is 1. The maximum absolute atomic E-state index is 13.9. The number of nitrogens with two attached hydrogens (primary N) is 1. The predicted octanol–water partition coefficient (Wildman–Crippen LogP) is 2.38. The number of benzene rings is 1. The summed E-state index contributed by atoms with van der Waals surface area (Å²) in [5.41, 5.74) is 7.34. The third-order valence-electron chi connectivity index (χ3n) is 3.36. The summed E-state index contributed by atoms with van der Waals surface area (Å²) in [6.07, 6.45) is 0. The maximum Gasteiger partial charge on any atom is 0.320 e. The average molecular weight is 396 g/mol. The molecule has 0 atom stereocenters. The lowest BCUT2D eigenvalue weighted by Gasteiger charge is -2.08. The van der Waals surface area contributed by atoms with Crippen molar-refractivity contribution in [2.24, 2.45) is 0 Å². The van der Waals surface area contributed by atoms with Gasteiger partial charge in [-0.2, -0.15) is 9.97 Å². The van der Waals surface area contributed by atoms with Crippen molar-refractivity contribution in [3.05, 3.63) is 40.4 Å². The summed E-state index contributed by atoms with van der Waals surface area (Å²) >= 11 is 3.36. The summed E-state index contributed by atoms with van der Waals surface area (Å²) in [6.45, 7) is 0.946. The Morgan fingerprint density at radius 2 is 2.00 bits per heavy atom. The second-order valence-corrected chi connectivity index (χ2v) is 5.67. The third-order valence-corrected chi connectivity index (χ3v) is 3.96. The molecule has 0 saturated heterocycles. The zero-order chi connectivity index (χ0) is 17.1. The van der Waals surface area contributed by atoms with Crippen molar-refractivity contribution in [3.63, 3.8) is 0 Å². The molecule has 0 radical (unpaired) electrons. The third kappa shape index (κ3) is 3.31. The van der Waals surface area contributed by atoms with Gasteiger partial charge < -0.3 is 15.2 Å². The normalized spacial score (nSPS) is 11.1. The summed E-state index contributed by atoms with van der Waals surface area (Å²) in [6, 6.07) is 6.65. The lowest BCUT2D eigenvalue weighted by atomic mass is 10.2. The number of ether oxygens (including phenoxy) is 2. The Bertz CT molecular complexity index is 870. The number of halogens is 2. The number of nitrogens with zero attached hydrogens (tertiary/aromatic N) is 4. The van der Waals surface area contributed by atoms with Gasteiger partial charge in [0.25, 0.3) is 0 Å². The van der Waals surface area contributed by atoms with Crippen LogP contribution in [-0.4, -0.2) is 39.8 Å². The molecule has 24 heavy (non-hydrogen) atoms. The average Bonchev–Trinajstić information content (AvgIpc) is 2.87. The highest BCUT2D eigenvalue weighted by atomic mass is 79.9. The number of methoxy groups -OCH3 is 1. The zero-order valence-electron chi connectivity index (χ0n) is 12.9. The smallest absolute Gasteiger partial charge is 0.320 e. The molecule has 2 aromatic heterocycles. The second-order valence-electron chi connectivity index (χ2n) is 4.96. The van der Waals surface area contributed by atoms with E-state index in [9.17, 15) is 4.39 Å². The molecule has 0 unspecified atom stereocenters. The van der Waals surface area contributed by atoms with E-state index in [-0.39, 0.29) is 24.2 Å². The minimum atomic E-state index is -0.301. The standard InChI is InChI=1S/C15H15BrFN5O2/c1-23-6-7-24-15-20-12(18)11-13(21-15)22(14(16)19-11)8-9-4-2-3-5-10(9)17/h2-5H,6-8H2,1H3,(H2,18,20,21). The summed E-state index contributed by atoms with van der Waals surface area (Å²) in [5.74, 6) is -0.106. The second kappa shape index (κ2) is 7.10. The first-order chi connectivity index (χ1) is 11.6. The van der Waals surface area contributed by atoms with Crippen LogP contribution < -0.4 is 10.5 Å². The van der Waals surface area contributed by atoms with Crippen LogP contribution in [0.2, 0.25) is 0 Å². The largest absolute Gasteiger partial charge is 0.461 e. The molecule has 3 aromatic rings. The van der Waals surface area contributed by atoms with Crippen molar-refractivity contribution in [3.8, 4) is 6.01 Å². The molecular formula is C15H15BrFN5O2. The summed E-state index contributed by atoms with van der Waals surface area (Å²) < 4.78 is 26.5. The van der Waals surface area contributed by atoms with Crippen LogP contribution in [0, 0.1) is 5.82 Å². The molecule has 0 fully saturated rings. The van der Waals surface area contributed by atoms with Crippen LogP contribution in [0.4, 0.5) is 10.2 Å². The highest BCUT2D eigenvalue weighted by molar-refractivity contribution is 9.10. The van der Waals surface area contributed by atoms with E-state index in [1.807, 2.05) is 0 Å². The van der Waals surface area contributed by atoms with E-state index in [1.54, 1.807) is 29.9 Å². The van der Waals surface area contributed by atoms with Crippen LogP contribution in [-0.2, 0) is 11.3 Å². The number of anilines is 1. The number of aromatic nitrogens is 4. The molecule has 0 aliphatic heterocycles. The minimum absolute atomic E-state index is 0.124. The quantitative estimate of drug-likeness (QED) is 0.509. The maximum atomic E-state index is 13.9. The van der Waals surface area contributed by atoms with Crippen LogP contribution in [0.5, 0.6) is 6.01 Å². The molecule has 3 rings (SSSR count). The fourth-order valence-corrected chi connectivity index (χ4v) is 2.66. The van der Waals surface area contributed by atoms with E-state index in [4.69, 9.17) is 15.2 Å². The molecule has 0 saturated carbocycles. The lowest BCUT2D eigenvalue weighted by Crippen LogP contribution is -2.09. The molecule has 0 amide bonds. The van der Waals surface area contributed by atoms with Crippen LogP contribution >= 0.6 is 15.9 Å². The van der Waals surface area contributed by atoms with Gasteiger partial charge in [0, 0.05) is 12.7 Å². The van der Waals surface area contributed by atoms with E-state index in [2.05, 4.69) is 30.9 Å². The highest BCUT2D eigenvalue weighted by Crippen LogP contribution is 2.25. The molecular weight excluding hydrogens is 381 g/mol. The number of hydrogen-bond donors (Lipinski definition) is 1. The Morgan fingerprint density at radius 1 is 1.21 bits per heavy atom. The van der Waals surface area contributed by atoms with E-state index in [1.165, 1.54) is 6.07 Å². The van der Waals surface area contributed by atoms with Crippen molar-refractivity contribution < 1.29 is 13.9 Å². The first kappa shape index (κ1) is 16.6. The predicted molar refractivity (Wildman–Crippen MR) is 90.3 cm³/mol. The van der Waals surface area contributed by atoms with Crippen molar-refractivity contribution in [2.75, 3.05) is 26.1 Å². The van der Waals surface area contributed by atoms with Gasteiger partial charge in [0.2, 0.25) is 0 Å². The number of hydrogen-bond acceptors (Lipinski definition) is 6. The molecule has 2 N–H and O–H groups in total. The summed E-state index contributed by atoms with van der Waals surface area (Å²) in [4.78, 5) is 12.7. The van der Waals surface area contributed by atoms with Crippen molar-refractivity contribution in [1.82, 2.24) is 19.5 Å². The van der Waals surface area contributed by atoms with Gasteiger partial charge in [0.1, 0.15) is 12.4 Å². The Balaban J connectivity index is 2.00. The summed E-state index contributed by atoms with van der Waals surface area (Å²) in [7, 11) is 1.57. The van der Waals surface area contributed by atoms with Crippen LogP contribution in [0.1, 0.15) is 5.56 Å². The van der Waals surface area contributed by atoms with Gasteiger partial charge in [-0.3, -0.25) is 4.57 Å². The van der Waals surface area contributed by atoms with Gasteiger partial charge >= 0.3 is 6.01 Å². The molecule has 1 aromatic carbocycles. The van der Waals surface area contributed by atoms with E-state index >= 15 is 0 Å². The molecule has 0 bridgehead atoms. The Hall–Kier alpha value is -2.26. The molecule has 0 aliphatic rings. The fraction of sp³-hybridized carbons (Fsp3) is 0.267. The number of imidazole rings is 1. The SMILES string of the molecule is COCCOc1nc(N)c2nc(Br)n(Cc3ccccc3F)c2n1. The lowest BCUT2D eigenvalue weighted by molar-refractivity contribution is 0.141. The Kier molecular flexibility index (Phi) is 4.91. The zero-order valence-corrected chi connectivity index (χ0v) is 14.5. The van der Waals surface area contributed by atoms with Gasteiger partial charge in [-0.15, -0.1) is 0 Å². The Labute approximate surface area is 145 Å². The van der Waals surface area contributed by atoms with Gasteiger partial charge in [-0.05, 0) is 22.0 Å². The summed E-state index contributed by atoms with van der Waals surface area (Å²) in [5, 5.41) is 0. The van der Waals surface area contributed by atoms with E-state index in [0.717, 1.165) is 0 Å². The first-order valence-corrected chi connectivity index (χ1v) is 7.94. The minimum Gasteiger partial charge on any atom is -0.461 e. The first-order valence-electron chi connectivity index (χ1n) is 7.14. The molecule has 2 heterocycles. The molecule has 7 nitrogen and oxygen atoms in total. The number of rotatable bonds is 6. The number of fused-ring (bicyclic) bond motifs is 1. The molecule has 0 spiro atoms. The highest BCUT2D eigenvalue weighted by Gasteiger charge is 2.17. The van der Waals surface area contributed by atoms with Crippen molar-refractivity contribution >= 4 is 32.9 Å². The molecule has 126 valence electrons. The van der Waals surface area contributed by atoms with E-state index < -0.39 is 0 Å². The van der Waals surface area contributed by atoms with Gasteiger partial charge in [0.15, 0.2) is 21.7 Å². The molecule has 0 aliphatic carbocycles. The van der Waals surface area contributed by atoms with Crippen LogP contribution in [0.3, 0.4) is 0 Å². The van der Waals surface area contributed by atoms with Crippen LogP contribution in [0.25, 0.3) is 11.2 Å².